The van der Waals surface area contributed by atoms with Crippen molar-refractivity contribution in [2.45, 2.75) is 64.5 Å². The minimum absolute atomic E-state index is 0.169. The van der Waals surface area contributed by atoms with E-state index < -0.39 is 5.60 Å². The average molecular weight is 398 g/mol. The summed E-state index contributed by atoms with van der Waals surface area (Å²) in [5, 5.41) is 7.98. The maximum Gasteiger partial charge on any atom is 0.410 e. The van der Waals surface area contributed by atoms with Crippen molar-refractivity contribution >= 4 is 6.09 Å². The summed E-state index contributed by atoms with van der Waals surface area (Å²) in [5.41, 5.74) is -0.400. The highest BCUT2D eigenvalue weighted by atomic mass is 16.6. The van der Waals surface area contributed by atoms with E-state index in [0.29, 0.717) is 6.04 Å². The predicted molar refractivity (Wildman–Crippen MR) is 114 cm³/mol. The standard InChI is InChI=1S/C14H27N3O2.C7H16N2/c1-14(2,3)19-13(18)17-10-8-16(9-11-17)12-4-6-15-7-5-12;1-8(2)9-6-4-3-5-7-9/h12,15H,4-11H2,1-3H3;3-7H2,1-2H3. The van der Waals surface area contributed by atoms with Gasteiger partial charge in [0.15, 0.2) is 0 Å². The molecular formula is C21H43N5O2. The summed E-state index contributed by atoms with van der Waals surface area (Å²) in [7, 11) is 4.23. The summed E-state index contributed by atoms with van der Waals surface area (Å²) in [6, 6.07) is 0.696. The van der Waals surface area contributed by atoms with Gasteiger partial charge in [0, 0.05) is 59.4 Å². The van der Waals surface area contributed by atoms with Gasteiger partial charge < -0.3 is 15.0 Å². The highest BCUT2D eigenvalue weighted by Gasteiger charge is 2.29. The van der Waals surface area contributed by atoms with E-state index >= 15 is 0 Å². The van der Waals surface area contributed by atoms with Crippen LogP contribution in [0.1, 0.15) is 52.9 Å². The molecule has 28 heavy (non-hydrogen) atoms. The molecule has 7 nitrogen and oxygen atoms in total. The normalized spacial score (nSPS) is 23.3. The maximum absolute atomic E-state index is 12.0. The van der Waals surface area contributed by atoms with E-state index in [4.69, 9.17) is 4.74 Å². The number of hydrazine groups is 1. The molecule has 0 spiro atoms. The molecule has 3 aliphatic rings. The molecule has 3 saturated heterocycles. The fraction of sp³-hybridized carbons (Fsp3) is 0.952. The number of nitrogens with zero attached hydrogens (tertiary/aromatic N) is 4. The molecule has 7 heteroatoms. The van der Waals surface area contributed by atoms with Gasteiger partial charge in [-0.1, -0.05) is 6.42 Å². The number of rotatable bonds is 2. The Hall–Kier alpha value is -0.890. The molecule has 0 atom stereocenters. The van der Waals surface area contributed by atoms with Gasteiger partial charge in [-0.15, -0.1) is 0 Å². The lowest BCUT2D eigenvalue weighted by atomic mass is 10.0. The van der Waals surface area contributed by atoms with Crippen LogP contribution >= 0.6 is 0 Å². The zero-order valence-corrected chi connectivity index (χ0v) is 18.9. The monoisotopic (exact) mass is 397 g/mol. The molecule has 1 N–H and O–H groups in total. The number of nitrogens with one attached hydrogen (secondary N) is 1. The maximum atomic E-state index is 12.0. The van der Waals surface area contributed by atoms with Crippen molar-refractivity contribution in [1.82, 2.24) is 25.1 Å². The molecule has 3 heterocycles. The molecule has 0 saturated carbocycles. The van der Waals surface area contributed by atoms with Crippen molar-refractivity contribution in [3.8, 4) is 0 Å². The summed E-state index contributed by atoms with van der Waals surface area (Å²) < 4.78 is 5.42. The Bertz CT molecular complexity index is 446. The zero-order chi connectivity index (χ0) is 20.6. The molecule has 3 fully saturated rings. The fourth-order valence-electron chi connectivity index (χ4n) is 4.05. The van der Waals surface area contributed by atoms with Crippen LogP contribution < -0.4 is 5.32 Å². The molecule has 0 aromatic heterocycles. The first kappa shape index (κ1) is 23.4. The number of carbonyl (C=O) groups is 1. The molecule has 164 valence electrons. The smallest absolute Gasteiger partial charge is 0.410 e. The van der Waals surface area contributed by atoms with E-state index in [9.17, 15) is 4.79 Å². The van der Waals surface area contributed by atoms with Gasteiger partial charge in [0.25, 0.3) is 0 Å². The van der Waals surface area contributed by atoms with Gasteiger partial charge in [-0.05, 0) is 59.5 Å². The van der Waals surface area contributed by atoms with E-state index in [1.165, 1.54) is 45.2 Å². The van der Waals surface area contributed by atoms with Crippen LogP contribution in [0.25, 0.3) is 0 Å². The van der Waals surface area contributed by atoms with Gasteiger partial charge in [0.1, 0.15) is 5.60 Å². The summed E-state index contributed by atoms with van der Waals surface area (Å²) in [5.74, 6) is 0. The first-order valence-corrected chi connectivity index (χ1v) is 11.1. The first-order valence-electron chi connectivity index (χ1n) is 11.1. The molecule has 3 aliphatic heterocycles. The Balaban J connectivity index is 0.000000261. The third-order valence-electron chi connectivity index (χ3n) is 5.69. The second kappa shape index (κ2) is 11.3. The molecule has 0 unspecified atom stereocenters. The fourth-order valence-corrected chi connectivity index (χ4v) is 4.05. The number of ether oxygens (including phenoxy) is 1. The molecule has 1 amide bonds. The lowest BCUT2D eigenvalue weighted by Crippen LogP contribution is -2.54. The lowest BCUT2D eigenvalue weighted by molar-refractivity contribution is 0.00745. The average Bonchev–Trinajstić information content (AvgIpc) is 2.69. The van der Waals surface area contributed by atoms with Crippen LogP contribution in [-0.4, -0.2) is 104 Å². The van der Waals surface area contributed by atoms with Gasteiger partial charge in [-0.3, -0.25) is 4.90 Å². The predicted octanol–water partition coefficient (Wildman–Crippen LogP) is 2.24. The molecule has 3 rings (SSSR count). The van der Waals surface area contributed by atoms with Crippen LogP contribution in [0.2, 0.25) is 0 Å². The summed E-state index contributed by atoms with van der Waals surface area (Å²) in [6.45, 7) is 14.0. The van der Waals surface area contributed by atoms with E-state index in [1.807, 2.05) is 25.7 Å². The van der Waals surface area contributed by atoms with E-state index in [0.717, 1.165) is 39.3 Å². The Kier molecular flexibility index (Phi) is 9.47. The molecular weight excluding hydrogens is 354 g/mol. The van der Waals surface area contributed by atoms with Gasteiger partial charge >= 0.3 is 6.09 Å². The zero-order valence-electron chi connectivity index (χ0n) is 18.9. The molecule has 0 radical (unpaired) electrons. The van der Waals surface area contributed by atoms with Crippen molar-refractivity contribution in [1.29, 1.82) is 0 Å². The van der Waals surface area contributed by atoms with Crippen LogP contribution in [0.5, 0.6) is 0 Å². The van der Waals surface area contributed by atoms with E-state index in [-0.39, 0.29) is 6.09 Å². The Morgan fingerprint density at radius 1 is 0.929 bits per heavy atom. The summed E-state index contributed by atoms with van der Waals surface area (Å²) in [4.78, 5) is 16.3. The number of hydrogen-bond donors (Lipinski definition) is 1. The SMILES string of the molecule is CC(C)(C)OC(=O)N1CCN(C2CCNCC2)CC1.CN(C)N1CCCCC1. The number of piperidine rings is 2. The molecule has 0 aromatic carbocycles. The van der Waals surface area contributed by atoms with Crippen LogP contribution in [0, 0.1) is 0 Å². The largest absolute Gasteiger partial charge is 0.444 e. The topological polar surface area (TPSA) is 51.3 Å². The molecule has 0 aliphatic carbocycles. The van der Waals surface area contributed by atoms with Crippen LogP contribution in [-0.2, 0) is 4.74 Å². The quantitative estimate of drug-likeness (QED) is 0.771. The highest BCUT2D eigenvalue weighted by molar-refractivity contribution is 5.68. The second-order valence-electron chi connectivity index (χ2n) is 9.35. The van der Waals surface area contributed by atoms with Crippen molar-refractivity contribution < 1.29 is 9.53 Å². The summed E-state index contributed by atoms with van der Waals surface area (Å²) in [6.07, 6.45) is 6.46. The van der Waals surface area contributed by atoms with Gasteiger partial charge in [0.2, 0.25) is 0 Å². The number of amides is 1. The lowest BCUT2D eigenvalue weighted by Gasteiger charge is -2.41. The first-order chi connectivity index (χ1) is 13.3. The van der Waals surface area contributed by atoms with Crippen molar-refractivity contribution in [3.05, 3.63) is 0 Å². The molecule has 0 bridgehead atoms. The highest BCUT2D eigenvalue weighted by Crippen LogP contribution is 2.16. The summed E-state index contributed by atoms with van der Waals surface area (Å²) >= 11 is 0. The minimum Gasteiger partial charge on any atom is -0.444 e. The number of hydrogen-bond acceptors (Lipinski definition) is 6. The minimum atomic E-state index is -0.400. The Morgan fingerprint density at radius 3 is 1.96 bits per heavy atom. The second-order valence-corrected chi connectivity index (χ2v) is 9.35. The molecule has 0 aromatic rings. The van der Waals surface area contributed by atoms with Crippen LogP contribution in [0.3, 0.4) is 0 Å². The Labute approximate surface area is 172 Å². The van der Waals surface area contributed by atoms with Crippen molar-refractivity contribution in [2.75, 3.05) is 66.5 Å². The Morgan fingerprint density at radius 2 is 1.50 bits per heavy atom. The van der Waals surface area contributed by atoms with Crippen molar-refractivity contribution in [3.63, 3.8) is 0 Å². The van der Waals surface area contributed by atoms with Gasteiger partial charge in [0.05, 0.1) is 0 Å². The van der Waals surface area contributed by atoms with E-state index in [1.54, 1.807) is 0 Å². The van der Waals surface area contributed by atoms with Crippen LogP contribution in [0.15, 0.2) is 0 Å². The number of piperazine rings is 1. The van der Waals surface area contributed by atoms with Crippen LogP contribution in [0.4, 0.5) is 4.79 Å². The van der Waals surface area contributed by atoms with Gasteiger partial charge in [-0.2, -0.15) is 0 Å². The van der Waals surface area contributed by atoms with Gasteiger partial charge in [-0.25, -0.2) is 14.8 Å². The number of carbonyl (C=O) groups excluding carboxylic acids is 1. The van der Waals surface area contributed by atoms with E-state index in [2.05, 4.69) is 34.3 Å². The third-order valence-corrected chi connectivity index (χ3v) is 5.69. The van der Waals surface area contributed by atoms with Crippen molar-refractivity contribution in [2.24, 2.45) is 0 Å². The third kappa shape index (κ3) is 8.23.